The van der Waals surface area contributed by atoms with Crippen LogP contribution in [0.15, 0.2) is 36.7 Å². The third-order valence-electron chi connectivity index (χ3n) is 2.38. The van der Waals surface area contributed by atoms with Gasteiger partial charge >= 0.3 is 0 Å². The molecule has 0 N–H and O–H groups in total. The van der Waals surface area contributed by atoms with Gasteiger partial charge in [0.05, 0.1) is 16.5 Å². The molecule has 0 radical (unpaired) electrons. The summed E-state index contributed by atoms with van der Waals surface area (Å²) in [5.41, 5.74) is 0.332. The summed E-state index contributed by atoms with van der Waals surface area (Å²) in [6.45, 7) is 0. The Balaban J connectivity index is 2.13. The molecule has 0 unspecified atom stereocenters. The first-order valence-electron chi connectivity index (χ1n) is 5.36. The van der Waals surface area contributed by atoms with Crippen LogP contribution in [0.1, 0.15) is 27.4 Å². The SMILES string of the molecule is O=C(CC(=O)c1ncccn1)c1ccc(Cl)c(Cl)c1. The average Bonchev–Trinajstić information content (AvgIpc) is 2.42. The molecule has 4 nitrogen and oxygen atoms in total. The Hall–Kier alpha value is -1.78. The van der Waals surface area contributed by atoms with E-state index in [0.29, 0.717) is 10.6 Å². The summed E-state index contributed by atoms with van der Waals surface area (Å²) in [5, 5.41) is 0.631. The summed E-state index contributed by atoms with van der Waals surface area (Å²) in [6.07, 6.45) is 2.59. The topological polar surface area (TPSA) is 59.9 Å². The fourth-order valence-electron chi connectivity index (χ4n) is 1.44. The predicted molar refractivity (Wildman–Crippen MR) is 71.8 cm³/mol. The second-order valence-corrected chi connectivity index (χ2v) is 4.54. The van der Waals surface area contributed by atoms with Crippen LogP contribution in [-0.2, 0) is 0 Å². The Kier molecular flexibility index (Phi) is 4.24. The number of ketones is 2. The van der Waals surface area contributed by atoms with Crippen LogP contribution in [0.4, 0.5) is 0 Å². The zero-order valence-electron chi connectivity index (χ0n) is 9.64. The molecule has 0 saturated carbocycles. The highest BCUT2D eigenvalue weighted by Gasteiger charge is 2.16. The second kappa shape index (κ2) is 5.91. The lowest BCUT2D eigenvalue weighted by Gasteiger charge is -2.02. The van der Waals surface area contributed by atoms with E-state index in [4.69, 9.17) is 23.2 Å². The van der Waals surface area contributed by atoms with E-state index in [2.05, 4.69) is 9.97 Å². The van der Waals surface area contributed by atoms with Crippen LogP contribution in [0.3, 0.4) is 0 Å². The second-order valence-electron chi connectivity index (χ2n) is 3.72. The standard InChI is InChI=1S/C13H8Cl2N2O2/c14-9-3-2-8(6-10(9)15)11(18)7-12(19)13-16-4-1-5-17-13/h1-6H,7H2. The smallest absolute Gasteiger partial charge is 0.207 e. The largest absolute Gasteiger partial charge is 0.294 e. The van der Waals surface area contributed by atoms with Gasteiger partial charge in [-0.1, -0.05) is 23.2 Å². The lowest BCUT2D eigenvalue weighted by molar-refractivity contribution is 0.0888. The minimum absolute atomic E-state index is 0.0240. The number of rotatable bonds is 4. The van der Waals surface area contributed by atoms with Crippen LogP contribution >= 0.6 is 23.2 Å². The maximum Gasteiger partial charge on any atom is 0.207 e. The van der Waals surface area contributed by atoms with Gasteiger partial charge in [0.15, 0.2) is 11.6 Å². The van der Waals surface area contributed by atoms with Gasteiger partial charge in [-0.05, 0) is 24.3 Å². The minimum atomic E-state index is -0.434. The number of hydrogen-bond acceptors (Lipinski definition) is 4. The van der Waals surface area contributed by atoms with E-state index < -0.39 is 5.78 Å². The van der Waals surface area contributed by atoms with Crippen molar-refractivity contribution < 1.29 is 9.59 Å². The Bertz CT molecular complexity index is 630. The fraction of sp³-hybridized carbons (Fsp3) is 0.0769. The molecule has 0 fully saturated rings. The molecular weight excluding hydrogens is 287 g/mol. The van der Waals surface area contributed by atoms with Gasteiger partial charge in [0.25, 0.3) is 0 Å². The van der Waals surface area contributed by atoms with E-state index in [9.17, 15) is 9.59 Å². The van der Waals surface area contributed by atoms with E-state index in [1.165, 1.54) is 30.6 Å². The first-order valence-corrected chi connectivity index (χ1v) is 6.12. The van der Waals surface area contributed by atoms with Crippen molar-refractivity contribution in [1.82, 2.24) is 9.97 Å². The maximum atomic E-state index is 11.9. The number of hydrogen-bond donors (Lipinski definition) is 0. The maximum absolute atomic E-state index is 11.9. The summed E-state index contributed by atoms with van der Waals surface area (Å²) in [5.74, 6) is -0.761. The predicted octanol–water partition coefficient (Wildman–Crippen LogP) is 3.24. The highest BCUT2D eigenvalue weighted by molar-refractivity contribution is 6.42. The Morgan fingerprint density at radius 1 is 1.00 bits per heavy atom. The van der Waals surface area contributed by atoms with Gasteiger partial charge in [0.2, 0.25) is 5.78 Å². The molecule has 0 atom stereocenters. The van der Waals surface area contributed by atoms with Gasteiger partial charge in [-0.2, -0.15) is 0 Å². The molecule has 0 spiro atoms. The monoisotopic (exact) mass is 294 g/mol. The third kappa shape index (κ3) is 3.36. The van der Waals surface area contributed by atoms with Crippen molar-refractivity contribution in [2.24, 2.45) is 0 Å². The molecule has 96 valence electrons. The number of Topliss-reactive ketones (excluding diaryl/α,β-unsaturated/α-hetero) is 2. The molecule has 0 aliphatic rings. The molecule has 2 aromatic rings. The van der Waals surface area contributed by atoms with E-state index in [-0.39, 0.29) is 23.1 Å². The van der Waals surface area contributed by atoms with E-state index >= 15 is 0 Å². The van der Waals surface area contributed by atoms with Crippen molar-refractivity contribution in [1.29, 1.82) is 0 Å². The summed E-state index contributed by atoms with van der Waals surface area (Å²) >= 11 is 11.6. The molecule has 0 bridgehead atoms. The lowest BCUT2D eigenvalue weighted by Crippen LogP contribution is -2.11. The van der Waals surface area contributed by atoms with Crippen molar-refractivity contribution in [3.63, 3.8) is 0 Å². The molecule has 6 heteroatoms. The van der Waals surface area contributed by atoms with Gasteiger partial charge in [-0.15, -0.1) is 0 Å². The van der Waals surface area contributed by atoms with E-state index in [1.54, 1.807) is 6.07 Å². The van der Waals surface area contributed by atoms with Gasteiger partial charge in [-0.25, -0.2) is 9.97 Å². The normalized spacial score (nSPS) is 10.2. The molecule has 19 heavy (non-hydrogen) atoms. The van der Waals surface area contributed by atoms with Crippen molar-refractivity contribution in [3.8, 4) is 0 Å². The average molecular weight is 295 g/mol. The van der Waals surface area contributed by atoms with Crippen LogP contribution in [0.25, 0.3) is 0 Å². The Morgan fingerprint density at radius 2 is 1.68 bits per heavy atom. The summed E-state index contributed by atoms with van der Waals surface area (Å²) in [4.78, 5) is 31.3. The lowest BCUT2D eigenvalue weighted by atomic mass is 10.1. The zero-order valence-corrected chi connectivity index (χ0v) is 11.1. The van der Waals surface area contributed by atoms with Gasteiger partial charge < -0.3 is 0 Å². The summed E-state index contributed by atoms with van der Waals surface area (Å²) in [7, 11) is 0. The van der Waals surface area contributed by atoms with Gasteiger partial charge in [0, 0.05) is 18.0 Å². The minimum Gasteiger partial charge on any atom is -0.294 e. The molecule has 0 amide bonds. The number of carbonyl (C=O) groups is 2. The number of aromatic nitrogens is 2. The van der Waals surface area contributed by atoms with Gasteiger partial charge in [-0.3, -0.25) is 9.59 Å². The molecular formula is C13H8Cl2N2O2. The highest BCUT2D eigenvalue weighted by Crippen LogP contribution is 2.23. The molecule has 0 saturated heterocycles. The van der Waals surface area contributed by atoms with Gasteiger partial charge in [0.1, 0.15) is 0 Å². The molecule has 2 rings (SSSR count). The highest BCUT2D eigenvalue weighted by atomic mass is 35.5. The first kappa shape index (κ1) is 13.6. The number of carbonyl (C=O) groups excluding carboxylic acids is 2. The van der Waals surface area contributed by atoms with Crippen LogP contribution in [0.5, 0.6) is 0 Å². The van der Waals surface area contributed by atoms with Crippen LogP contribution in [-0.4, -0.2) is 21.5 Å². The molecule has 1 heterocycles. The van der Waals surface area contributed by atoms with Crippen LogP contribution in [0, 0.1) is 0 Å². The van der Waals surface area contributed by atoms with Crippen LogP contribution < -0.4 is 0 Å². The van der Waals surface area contributed by atoms with E-state index in [0.717, 1.165) is 0 Å². The van der Waals surface area contributed by atoms with E-state index in [1.807, 2.05) is 0 Å². The molecule has 0 aliphatic heterocycles. The number of halogens is 2. The Labute approximate surface area is 119 Å². The molecule has 1 aromatic heterocycles. The van der Waals surface area contributed by atoms with Crippen molar-refractivity contribution in [2.45, 2.75) is 6.42 Å². The summed E-state index contributed by atoms with van der Waals surface area (Å²) in [6, 6.07) is 6.07. The third-order valence-corrected chi connectivity index (χ3v) is 3.12. The Morgan fingerprint density at radius 3 is 2.32 bits per heavy atom. The number of nitrogens with zero attached hydrogens (tertiary/aromatic N) is 2. The molecule has 0 aliphatic carbocycles. The number of benzene rings is 1. The van der Waals surface area contributed by atoms with Crippen molar-refractivity contribution in [3.05, 3.63) is 58.1 Å². The fourth-order valence-corrected chi connectivity index (χ4v) is 1.74. The molecule has 1 aromatic carbocycles. The van der Waals surface area contributed by atoms with Crippen molar-refractivity contribution >= 4 is 34.8 Å². The van der Waals surface area contributed by atoms with Crippen LogP contribution in [0.2, 0.25) is 10.0 Å². The quantitative estimate of drug-likeness (QED) is 0.641. The summed E-state index contributed by atoms with van der Waals surface area (Å²) < 4.78 is 0. The zero-order chi connectivity index (χ0) is 13.8. The van der Waals surface area contributed by atoms with Crippen molar-refractivity contribution in [2.75, 3.05) is 0 Å². The first-order chi connectivity index (χ1) is 9.08.